The fourth-order valence-corrected chi connectivity index (χ4v) is 4.53. The Kier molecular flexibility index (Phi) is 8.50. The topological polar surface area (TPSA) is 123 Å². The predicted octanol–water partition coefficient (Wildman–Crippen LogP) is 2.05. The standard InChI is InChI=1S/C27H32N2O7/c1-19-15-29(26(33)28-24(19)32)25-23(31)27(13-8-14-30,35-17-21-11-6-3-7-12-21)22(36-25)18-34-16-20-9-4-2-5-10-20/h2-7,9-12,15,22-23,25,30-31H,8,13-14,16-18H2,1H3,(H,28,32,33)/t22-,23+,25-,27-/m1/s1. The zero-order valence-electron chi connectivity index (χ0n) is 20.2. The van der Waals surface area contributed by atoms with Crippen LogP contribution in [-0.2, 0) is 27.4 Å². The predicted molar refractivity (Wildman–Crippen MR) is 132 cm³/mol. The van der Waals surface area contributed by atoms with E-state index in [-0.39, 0.29) is 26.2 Å². The molecule has 0 spiro atoms. The Morgan fingerprint density at radius 2 is 1.67 bits per heavy atom. The first-order valence-corrected chi connectivity index (χ1v) is 12.0. The Bertz CT molecular complexity index is 1230. The molecule has 3 aromatic rings. The maximum atomic E-state index is 12.6. The highest BCUT2D eigenvalue weighted by Crippen LogP contribution is 2.43. The SMILES string of the molecule is Cc1cn([C@@H]2O[C@H](COCc3ccccc3)[C@@](CCCO)(OCc3ccccc3)[C@H]2O)c(=O)[nH]c1=O. The van der Waals surface area contributed by atoms with E-state index >= 15 is 0 Å². The minimum atomic E-state index is -1.28. The number of nitrogens with one attached hydrogen (secondary N) is 1. The first-order valence-electron chi connectivity index (χ1n) is 12.0. The molecule has 9 nitrogen and oxygen atoms in total. The molecule has 1 saturated heterocycles. The number of hydrogen-bond acceptors (Lipinski definition) is 7. The number of ether oxygens (including phenoxy) is 3. The number of nitrogens with zero attached hydrogens (tertiary/aromatic N) is 1. The number of rotatable bonds is 11. The summed E-state index contributed by atoms with van der Waals surface area (Å²) in [5.41, 5.74) is -0.286. The van der Waals surface area contributed by atoms with Crippen LogP contribution in [0.1, 0.15) is 35.8 Å². The van der Waals surface area contributed by atoms with Crippen LogP contribution in [0.2, 0.25) is 0 Å². The Balaban J connectivity index is 1.65. The molecule has 0 saturated carbocycles. The van der Waals surface area contributed by atoms with Crippen molar-refractivity contribution >= 4 is 0 Å². The van der Waals surface area contributed by atoms with Gasteiger partial charge in [-0.2, -0.15) is 0 Å². The quantitative estimate of drug-likeness (QED) is 0.371. The van der Waals surface area contributed by atoms with Gasteiger partial charge in [-0.3, -0.25) is 14.3 Å². The van der Waals surface area contributed by atoms with Crippen LogP contribution in [0.3, 0.4) is 0 Å². The molecular weight excluding hydrogens is 464 g/mol. The highest BCUT2D eigenvalue weighted by atomic mass is 16.6. The van der Waals surface area contributed by atoms with Gasteiger partial charge in [-0.25, -0.2) is 4.79 Å². The van der Waals surface area contributed by atoms with Gasteiger partial charge in [0.2, 0.25) is 0 Å². The van der Waals surface area contributed by atoms with Crippen molar-refractivity contribution in [2.45, 2.75) is 57.0 Å². The molecule has 2 aromatic carbocycles. The molecule has 4 atom stereocenters. The molecule has 1 aromatic heterocycles. The van der Waals surface area contributed by atoms with E-state index in [9.17, 15) is 19.8 Å². The van der Waals surface area contributed by atoms with Crippen LogP contribution in [0, 0.1) is 6.92 Å². The van der Waals surface area contributed by atoms with Crippen LogP contribution < -0.4 is 11.2 Å². The number of aromatic amines is 1. The van der Waals surface area contributed by atoms with Crippen LogP contribution in [0.5, 0.6) is 0 Å². The lowest BCUT2D eigenvalue weighted by Gasteiger charge is -2.36. The third-order valence-electron chi connectivity index (χ3n) is 6.50. The van der Waals surface area contributed by atoms with Crippen molar-refractivity contribution in [3.05, 3.63) is 104 Å². The summed E-state index contributed by atoms with van der Waals surface area (Å²) >= 11 is 0. The molecule has 36 heavy (non-hydrogen) atoms. The van der Waals surface area contributed by atoms with Crippen molar-refractivity contribution in [2.75, 3.05) is 13.2 Å². The Morgan fingerprint density at radius 3 is 2.31 bits per heavy atom. The molecule has 4 rings (SSSR count). The van der Waals surface area contributed by atoms with Crippen molar-refractivity contribution in [2.24, 2.45) is 0 Å². The minimum Gasteiger partial charge on any atom is -0.396 e. The van der Waals surface area contributed by atoms with Gasteiger partial charge in [-0.05, 0) is 30.9 Å². The molecule has 0 unspecified atom stereocenters. The summed E-state index contributed by atoms with van der Waals surface area (Å²) in [5.74, 6) is 0. The average Bonchev–Trinajstić information content (AvgIpc) is 3.16. The van der Waals surface area contributed by atoms with Crippen molar-refractivity contribution in [1.29, 1.82) is 0 Å². The largest absolute Gasteiger partial charge is 0.396 e. The smallest absolute Gasteiger partial charge is 0.330 e. The number of hydrogen-bond donors (Lipinski definition) is 3. The lowest BCUT2D eigenvalue weighted by molar-refractivity contribution is -0.157. The molecule has 0 aliphatic carbocycles. The molecule has 9 heteroatoms. The average molecular weight is 497 g/mol. The summed E-state index contributed by atoms with van der Waals surface area (Å²) in [6, 6.07) is 19.2. The second kappa shape index (κ2) is 11.8. The van der Waals surface area contributed by atoms with Crippen LogP contribution in [0.15, 0.2) is 76.4 Å². The fraction of sp³-hybridized carbons (Fsp3) is 0.407. The lowest BCUT2D eigenvalue weighted by Crippen LogP contribution is -2.52. The summed E-state index contributed by atoms with van der Waals surface area (Å²) in [6.07, 6.45) is -1.17. The lowest BCUT2D eigenvalue weighted by atomic mass is 9.86. The Labute approximate surface area is 208 Å². The maximum Gasteiger partial charge on any atom is 0.330 e. The number of benzene rings is 2. The molecule has 0 bridgehead atoms. The summed E-state index contributed by atoms with van der Waals surface area (Å²) in [5, 5.41) is 21.2. The van der Waals surface area contributed by atoms with Crippen LogP contribution >= 0.6 is 0 Å². The van der Waals surface area contributed by atoms with E-state index in [0.29, 0.717) is 18.6 Å². The van der Waals surface area contributed by atoms with E-state index in [0.717, 1.165) is 11.1 Å². The molecule has 1 fully saturated rings. The van der Waals surface area contributed by atoms with Gasteiger partial charge >= 0.3 is 5.69 Å². The second-order valence-electron chi connectivity index (χ2n) is 9.00. The number of aliphatic hydroxyl groups excluding tert-OH is 2. The summed E-state index contributed by atoms with van der Waals surface area (Å²) in [7, 11) is 0. The van der Waals surface area contributed by atoms with Crippen LogP contribution in [-0.4, -0.2) is 50.8 Å². The van der Waals surface area contributed by atoms with E-state index in [4.69, 9.17) is 14.2 Å². The molecule has 1 aliphatic heterocycles. The Hall–Kier alpha value is -3.08. The van der Waals surface area contributed by atoms with Crippen molar-refractivity contribution in [1.82, 2.24) is 9.55 Å². The van der Waals surface area contributed by atoms with E-state index in [1.54, 1.807) is 6.92 Å². The third kappa shape index (κ3) is 5.66. The first-order chi connectivity index (χ1) is 17.4. The van der Waals surface area contributed by atoms with Crippen LogP contribution in [0.4, 0.5) is 0 Å². The zero-order chi connectivity index (χ0) is 25.5. The fourth-order valence-electron chi connectivity index (χ4n) is 4.53. The van der Waals surface area contributed by atoms with E-state index in [2.05, 4.69) is 4.98 Å². The Morgan fingerprint density at radius 1 is 1.03 bits per heavy atom. The van der Waals surface area contributed by atoms with Gasteiger partial charge in [-0.15, -0.1) is 0 Å². The minimum absolute atomic E-state index is 0.0831. The molecule has 3 N–H and O–H groups in total. The molecule has 2 heterocycles. The van der Waals surface area contributed by atoms with E-state index < -0.39 is 35.3 Å². The van der Waals surface area contributed by atoms with Gasteiger partial charge in [0, 0.05) is 18.4 Å². The number of aliphatic hydroxyl groups is 2. The highest BCUT2D eigenvalue weighted by Gasteiger charge is 2.57. The van der Waals surface area contributed by atoms with Gasteiger partial charge in [0.15, 0.2) is 6.23 Å². The first kappa shape index (κ1) is 26.0. The highest BCUT2D eigenvalue weighted by molar-refractivity contribution is 5.15. The number of H-pyrrole nitrogens is 1. The van der Waals surface area contributed by atoms with Gasteiger partial charge in [-0.1, -0.05) is 60.7 Å². The summed E-state index contributed by atoms with van der Waals surface area (Å²) in [4.78, 5) is 26.8. The summed E-state index contributed by atoms with van der Waals surface area (Å²) in [6.45, 7) is 2.06. The molecular formula is C27H32N2O7. The van der Waals surface area contributed by atoms with Crippen LogP contribution in [0.25, 0.3) is 0 Å². The number of aryl methyl sites for hydroxylation is 1. The summed E-state index contributed by atoms with van der Waals surface area (Å²) < 4.78 is 19.8. The third-order valence-corrected chi connectivity index (χ3v) is 6.50. The van der Waals surface area contributed by atoms with Gasteiger partial charge in [0.05, 0.1) is 19.8 Å². The molecule has 0 amide bonds. The number of aromatic nitrogens is 2. The van der Waals surface area contributed by atoms with Crippen molar-refractivity contribution in [3.63, 3.8) is 0 Å². The van der Waals surface area contributed by atoms with Gasteiger partial charge in [0.25, 0.3) is 5.56 Å². The van der Waals surface area contributed by atoms with Crippen molar-refractivity contribution < 1.29 is 24.4 Å². The maximum absolute atomic E-state index is 12.6. The molecule has 1 aliphatic rings. The molecule has 192 valence electrons. The normalized spacial score (nSPS) is 23.7. The van der Waals surface area contributed by atoms with Gasteiger partial charge < -0.3 is 24.4 Å². The monoisotopic (exact) mass is 496 g/mol. The zero-order valence-corrected chi connectivity index (χ0v) is 20.2. The van der Waals surface area contributed by atoms with Gasteiger partial charge in [0.1, 0.15) is 17.8 Å². The van der Waals surface area contributed by atoms with E-state index in [1.165, 1.54) is 10.8 Å². The van der Waals surface area contributed by atoms with Crippen molar-refractivity contribution in [3.8, 4) is 0 Å². The van der Waals surface area contributed by atoms with E-state index in [1.807, 2.05) is 60.7 Å². The molecule has 0 radical (unpaired) electrons. The second-order valence-corrected chi connectivity index (χ2v) is 9.00.